The Hall–Kier alpha value is -3.24. The maximum absolute atomic E-state index is 13.0. The molecule has 0 spiro atoms. The number of carbonyl (C=O) groups is 1. The van der Waals surface area contributed by atoms with Gasteiger partial charge in [0, 0.05) is 57.3 Å². The SMILES string of the molecule is O=C(c1cn(-c2ccc(S(=O)(=O)N3CCCCC3)cc2)cn1)N1CCN(c2ccccn2)CC1. The number of pyridine rings is 1. The number of hydrogen-bond acceptors (Lipinski definition) is 6. The molecule has 10 heteroatoms. The van der Waals surface area contributed by atoms with Gasteiger partial charge < -0.3 is 14.4 Å². The topological polar surface area (TPSA) is 91.6 Å². The number of piperazine rings is 1. The van der Waals surface area contributed by atoms with E-state index < -0.39 is 10.0 Å². The minimum absolute atomic E-state index is 0.108. The molecule has 1 aromatic carbocycles. The van der Waals surface area contributed by atoms with Crippen molar-refractivity contribution in [3.8, 4) is 5.69 Å². The molecule has 178 valence electrons. The molecule has 3 aromatic rings. The maximum atomic E-state index is 13.0. The summed E-state index contributed by atoms with van der Waals surface area (Å²) in [5.41, 5.74) is 1.13. The monoisotopic (exact) mass is 480 g/mol. The van der Waals surface area contributed by atoms with Gasteiger partial charge in [-0.1, -0.05) is 12.5 Å². The van der Waals surface area contributed by atoms with Crippen LogP contribution in [0.4, 0.5) is 5.82 Å². The van der Waals surface area contributed by atoms with Crippen molar-refractivity contribution in [2.45, 2.75) is 24.2 Å². The number of imidazole rings is 1. The molecule has 2 aliphatic rings. The normalized spacial score (nSPS) is 17.6. The van der Waals surface area contributed by atoms with Gasteiger partial charge in [-0.15, -0.1) is 0 Å². The van der Waals surface area contributed by atoms with Crippen LogP contribution >= 0.6 is 0 Å². The number of aromatic nitrogens is 3. The van der Waals surface area contributed by atoms with Crippen LogP contribution in [-0.4, -0.2) is 77.3 Å². The van der Waals surface area contributed by atoms with E-state index in [9.17, 15) is 13.2 Å². The fourth-order valence-corrected chi connectivity index (χ4v) is 5.98. The number of benzene rings is 1. The molecule has 0 radical (unpaired) electrons. The van der Waals surface area contributed by atoms with Crippen LogP contribution in [0.15, 0.2) is 66.1 Å². The van der Waals surface area contributed by atoms with E-state index in [0.717, 1.165) is 43.9 Å². The zero-order valence-corrected chi connectivity index (χ0v) is 19.8. The first kappa shape index (κ1) is 22.5. The van der Waals surface area contributed by atoms with E-state index in [0.29, 0.717) is 36.8 Å². The van der Waals surface area contributed by atoms with Crippen LogP contribution in [0.5, 0.6) is 0 Å². The molecular formula is C24H28N6O3S. The maximum Gasteiger partial charge on any atom is 0.274 e. The third kappa shape index (κ3) is 4.55. The summed E-state index contributed by atoms with van der Waals surface area (Å²) in [5, 5.41) is 0. The van der Waals surface area contributed by atoms with Gasteiger partial charge in [-0.3, -0.25) is 4.79 Å². The summed E-state index contributed by atoms with van der Waals surface area (Å²) in [5.74, 6) is 0.813. The summed E-state index contributed by atoms with van der Waals surface area (Å²) in [4.78, 5) is 25.9. The van der Waals surface area contributed by atoms with Crippen LogP contribution in [0.25, 0.3) is 5.69 Å². The van der Waals surface area contributed by atoms with E-state index in [2.05, 4.69) is 14.9 Å². The molecule has 2 saturated heterocycles. The molecule has 0 atom stereocenters. The van der Waals surface area contributed by atoms with E-state index in [1.54, 1.807) is 56.8 Å². The number of piperidine rings is 1. The molecule has 2 aromatic heterocycles. The lowest BCUT2D eigenvalue weighted by Crippen LogP contribution is -2.49. The Bertz CT molecular complexity index is 1230. The molecule has 0 N–H and O–H groups in total. The van der Waals surface area contributed by atoms with Crippen LogP contribution in [0.1, 0.15) is 29.8 Å². The summed E-state index contributed by atoms with van der Waals surface area (Å²) in [7, 11) is -3.47. The van der Waals surface area contributed by atoms with E-state index >= 15 is 0 Å². The average Bonchev–Trinajstić information content (AvgIpc) is 3.40. The van der Waals surface area contributed by atoms with E-state index in [4.69, 9.17) is 0 Å². The van der Waals surface area contributed by atoms with Gasteiger partial charge in [0.25, 0.3) is 5.91 Å². The molecule has 34 heavy (non-hydrogen) atoms. The quantitative estimate of drug-likeness (QED) is 0.557. The van der Waals surface area contributed by atoms with Crippen molar-refractivity contribution in [2.24, 2.45) is 0 Å². The molecule has 2 aliphatic heterocycles. The number of carbonyl (C=O) groups excluding carboxylic acids is 1. The second kappa shape index (κ2) is 9.55. The first-order chi connectivity index (χ1) is 16.5. The van der Waals surface area contributed by atoms with Gasteiger partial charge in [-0.25, -0.2) is 18.4 Å². The third-order valence-electron chi connectivity index (χ3n) is 6.43. The number of hydrogen-bond donors (Lipinski definition) is 0. The average molecular weight is 481 g/mol. The molecule has 1 amide bonds. The van der Waals surface area contributed by atoms with Crippen LogP contribution in [-0.2, 0) is 10.0 Å². The van der Waals surface area contributed by atoms with Gasteiger partial charge in [-0.05, 0) is 49.2 Å². The first-order valence-corrected chi connectivity index (χ1v) is 13.1. The van der Waals surface area contributed by atoms with Gasteiger partial charge >= 0.3 is 0 Å². The lowest BCUT2D eigenvalue weighted by atomic mass is 10.2. The standard InChI is InChI=1S/C24H28N6O3S/c31-24(28-16-14-27(15-17-28)23-6-2-3-11-25-23)22-18-29(19-26-22)20-7-9-21(10-8-20)34(32,33)30-12-4-1-5-13-30/h2-3,6-11,18-19H,1,4-5,12-17H2. The van der Waals surface area contributed by atoms with Crippen molar-refractivity contribution in [3.05, 3.63) is 66.9 Å². The minimum atomic E-state index is -3.47. The van der Waals surface area contributed by atoms with Gasteiger partial charge in [0.15, 0.2) is 0 Å². The molecule has 0 saturated carbocycles. The largest absolute Gasteiger partial charge is 0.353 e. The zero-order chi connectivity index (χ0) is 23.5. The summed E-state index contributed by atoms with van der Waals surface area (Å²) in [6, 6.07) is 12.6. The predicted octanol–water partition coefficient (Wildman–Crippen LogP) is 2.40. The highest BCUT2D eigenvalue weighted by Gasteiger charge is 2.26. The summed E-state index contributed by atoms with van der Waals surface area (Å²) < 4.78 is 29.0. The van der Waals surface area contributed by atoms with Crippen LogP contribution in [0, 0.1) is 0 Å². The Labute approximate surface area is 199 Å². The van der Waals surface area contributed by atoms with Gasteiger partial charge in [0.05, 0.1) is 4.90 Å². The van der Waals surface area contributed by atoms with Crippen LogP contribution in [0.2, 0.25) is 0 Å². The van der Waals surface area contributed by atoms with Crippen LogP contribution < -0.4 is 4.90 Å². The summed E-state index contributed by atoms with van der Waals surface area (Å²) in [6.07, 6.45) is 7.94. The Morgan fingerprint density at radius 1 is 0.824 bits per heavy atom. The number of amides is 1. The second-order valence-corrected chi connectivity index (χ2v) is 10.5. The van der Waals surface area contributed by atoms with Crippen molar-refractivity contribution in [3.63, 3.8) is 0 Å². The highest BCUT2D eigenvalue weighted by molar-refractivity contribution is 7.89. The number of nitrogens with zero attached hydrogens (tertiary/aromatic N) is 6. The molecule has 0 aliphatic carbocycles. The number of sulfonamides is 1. The first-order valence-electron chi connectivity index (χ1n) is 11.6. The molecule has 2 fully saturated rings. The minimum Gasteiger partial charge on any atom is -0.353 e. The molecule has 0 unspecified atom stereocenters. The predicted molar refractivity (Wildman–Crippen MR) is 129 cm³/mol. The second-order valence-electron chi connectivity index (χ2n) is 8.59. The summed E-state index contributed by atoms with van der Waals surface area (Å²) in [6.45, 7) is 3.80. The third-order valence-corrected chi connectivity index (χ3v) is 8.34. The van der Waals surface area contributed by atoms with Crippen LogP contribution in [0.3, 0.4) is 0 Å². The van der Waals surface area contributed by atoms with Gasteiger partial charge in [0.1, 0.15) is 17.8 Å². The van der Waals surface area contributed by atoms with Gasteiger partial charge in [0.2, 0.25) is 10.0 Å². The lowest BCUT2D eigenvalue weighted by Gasteiger charge is -2.35. The highest BCUT2D eigenvalue weighted by Crippen LogP contribution is 2.22. The van der Waals surface area contributed by atoms with Crippen molar-refractivity contribution in [1.29, 1.82) is 0 Å². The number of anilines is 1. The Kier molecular flexibility index (Phi) is 6.34. The van der Waals surface area contributed by atoms with E-state index in [-0.39, 0.29) is 5.91 Å². The highest BCUT2D eigenvalue weighted by atomic mass is 32.2. The molecule has 5 rings (SSSR count). The lowest BCUT2D eigenvalue weighted by molar-refractivity contribution is 0.0741. The van der Waals surface area contributed by atoms with Crippen molar-refractivity contribution >= 4 is 21.7 Å². The number of rotatable bonds is 5. The van der Waals surface area contributed by atoms with Gasteiger partial charge in [-0.2, -0.15) is 4.31 Å². The Morgan fingerprint density at radius 3 is 2.24 bits per heavy atom. The van der Waals surface area contributed by atoms with Crippen molar-refractivity contribution < 1.29 is 13.2 Å². The van der Waals surface area contributed by atoms with Crippen molar-refractivity contribution in [2.75, 3.05) is 44.2 Å². The fourth-order valence-electron chi connectivity index (χ4n) is 4.46. The molecular weight excluding hydrogens is 452 g/mol. The molecule has 9 nitrogen and oxygen atoms in total. The fraction of sp³-hybridized carbons (Fsp3) is 0.375. The smallest absolute Gasteiger partial charge is 0.274 e. The van der Waals surface area contributed by atoms with E-state index in [1.807, 2.05) is 18.2 Å². The Morgan fingerprint density at radius 2 is 1.56 bits per heavy atom. The Balaban J connectivity index is 1.24. The molecule has 0 bridgehead atoms. The zero-order valence-electron chi connectivity index (χ0n) is 19.0. The van der Waals surface area contributed by atoms with E-state index in [1.165, 1.54) is 0 Å². The summed E-state index contributed by atoms with van der Waals surface area (Å²) >= 11 is 0. The van der Waals surface area contributed by atoms with Crippen molar-refractivity contribution in [1.82, 2.24) is 23.7 Å². The molecule has 4 heterocycles.